The normalized spacial score (nSPS) is 10.5. The zero-order valence-corrected chi connectivity index (χ0v) is 13.6. The Morgan fingerprint density at radius 2 is 1.76 bits per heavy atom. The number of aryl methyl sites for hydroxylation is 1. The van der Waals surface area contributed by atoms with E-state index in [0.29, 0.717) is 0 Å². The van der Waals surface area contributed by atoms with E-state index in [2.05, 4.69) is 39.9 Å². The Balaban J connectivity index is 0.00000182. The van der Waals surface area contributed by atoms with Gasteiger partial charge in [0.25, 0.3) is 0 Å². The third kappa shape index (κ3) is 3.11. The van der Waals surface area contributed by atoms with E-state index in [1.807, 2.05) is 43.6 Å². The van der Waals surface area contributed by atoms with Crippen LogP contribution < -0.4 is 4.74 Å². The van der Waals surface area contributed by atoms with Gasteiger partial charge in [0.05, 0.1) is 18.3 Å². The fourth-order valence-corrected chi connectivity index (χ4v) is 2.84. The van der Waals surface area contributed by atoms with Crippen molar-refractivity contribution in [3.8, 4) is 22.7 Å². The summed E-state index contributed by atoms with van der Waals surface area (Å²) in [4.78, 5) is 9.06. The van der Waals surface area contributed by atoms with E-state index in [0.717, 1.165) is 39.4 Å². The highest BCUT2D eigenvalue weighted by molar-refractivity contribution is 5.83. The minimum absolute atomic E-state index is 0. The topological polar surface area (TPSA) is 39.9 Å². The number of imidazole rings is 1. The molecular weight excluding hydrogens is 310 g/mol. The molecule has 4 aromatic rings. The standard InChI is InChI=1S/C20H17N3O.CH4/c1-14-21-11-12-23(14)17-6-10-20-16(13-17)5-9-19(22-20)15-3-7-18(24-2)8-4-15;/h3-13H,1-2H3;1H4. The molecule has 0 aliphatic heterocycles. The number of benzene rings is 2. The van der Waals surface area contributed by atoms with Gasteiger partial charge >= 0.3 is 0 Å². The Kier molecular flexibility index (Phi) is 4.52. The lowest BCUT2D eigenvalue weighted by atomic mass is 10.1. The first-order chi connectivity index (χ1) is 11.7. The molecule has 2 aromatic heterocycles. The van der Waals surface area contributed by atoms with Gasteiger partial charge in [-0.1, -0.05) is 13.5 Å². The lowest BCUT2D eigenvalue weighted by Gasteiger charge is -2.08. The summed E-state index contributed by atoms with van der Waals surface area (Å²) in [5.74, 6) is 1.82. The minimum Gasteiger partial charge on any atom is -0.497 e. The van der Waals surface area contributed by atoms with Crippen LogP contribution in [0.4, 0.5) is 0 Å². The molecule has 4 nitrogen and oxygen atoms in total. The lowest BCUT2D eigenvalue weighted by molar-refractivity contribution is 0.415. The SMILES string of the molecule is C.COc1ccc(-c2ccc3cc(-n4ccnc4C)ccc3n2)cc1. The van der Waals surface area contributed by atoms with Gasteiger partial charge in [-0.3, -0.25) is 0 Å². The second-order valence-corrected chi connectivity index (χ2v) is 5.65. The van der Waals surface area contributed by atoms with Gasteiger partial charge in [0.1, 0.15) is 11.6 Å². The van der Waals surface area contributed by atoms with Gasteiger partial charge in [-0.05, 0) is 55.5 Å². The summed E-state index contributed by atoms with van der Waals surface area (Å²) in [5, 5.41) is 1.11. The van der Waals surface area contributed by atoms with Crippen molar-refractivity contribution >= 4 is 10.9 Å². The molecule has 2 heterocycles. The molecule has 0 spiro atoms. The molecule has 2 aromatic carbocycles. The predicted octanol–water partition coefficient (Wildman–Crippen LogP) is 5.04. The molecule has 126 valence electrons. The van der Waals surface area contributed by atoms with Gasteiger partial charge in [0, 0.05) is 29.0 Å². The van der Waals surface area contributed by atoms with Crippen LogP contribution in [0, 0.1) is 6.92 Å². The lowest BCUT2D eigenvalue weighted by Crippen LogP contribution is -1.95. The molecule has 4 heteroatoms. The van der Waals surface area contributed by atoms with Crippen molar-refractivity contribution in [3.05, 3.63) is 72.8 Å². The molecule has 0 bridgehead atoms. The van der Waals surface area contributed by atoms with Gasteiger partial charge in [0.15, 0.2) is 0 Å². The highest BCUT2D eigenvalue weighted by atomic mass is 16.5. The molecule has 0 unspecified atom stereocenters. The van der Waals surface area contributed by atoms with E-state index in [1.54, 1.807) is 7.11 Å². The summed E-state index contributed by atoms with van der Waals surface area (Å²) in [6, 6.07) is 18.4. The Morgan fingerprint density at radius 1 is 0.960 bits per heavy atom. The molecule has 0 radical (unpaired) electrons. The van der Waals surface area contributed by atoms with E-state index < -0.39 is 0 Å². The molecule has 25 heavy (non-hydrogen) atoms. The number of hydrogen-bond donors (Lipinski definition) is 0. The van der Waals surface area contributed by atoms with Crippen molar-refractivity contribution in [1.82, 2.24) is 14.5 Å². The van der Waals surface area contributed by atoms with Crippen molar-refractivity contribution in [1.29, 1.82) is 0 Å². The van der Waals surface area contributed by atoms with E-state index in [9.17, 15) is 0 Å². The quantitative estimate of drug-likeness (QED) is 0.528. The number of methoxy groups -OCH3 is 1. The number of ether oxygens (including phenoxy) is 1. The third-order valence-electron chi connectivity index (χ3n) is 4.16. The summed E-state index contributed by atoms with van der Waals surface area (Å²) in [7, 11) is 1.67. The van der Waals surface area contributed by atoms with Crippen LogP contribution in [0.5, 0.6) is 5.75 Å². The highest BCUT2D eigenvalue weighted by Gasteiger charge is 2.05. The number of aromatic nitrogens is 3. The molecule has 4 rings (SSSR count). The number of rotatable bonds is 3. The molecule has 0 N–H and O–H groups in total. The fraction of sp³-hybridized carbons (Fsp3) is 0.143. The maximum atomic E-state index is 5.21. The Bertz CT molecular complexity index is 1000. The summed E-state index contributed by atoms with van der Waals surface area (Å²) in [6.07, 6.45) is 3.78. The first-order valence-electron chi connectivity index (χ1n) is 7.80. The summed E-state index contributed by atoms with van der Waals surface area (Å²) >= 11 is 0. The first kappa shape index (κ1) is 16.7. The van der Waals surface area contributed by atoms with Crippen LogP contribution in [-0.4, -0.2) is 21.6 Å². The zero-order valence-electron chi connectivity index (χ0n) is 13.6. The summed E-state index contributed by atoms with van der Waals surface area (Å²) < 4.78 is 7.27. The van der Waals surface area contributed by atoms with E-state index in [1.165, 1.54) is 0 Å². The largest absolute Gasteiger partial charge is 0.497 e. The van der Waals surface area contributed by atoms with Gasteiger partial charge in [-0.2, -0.15) is 0 Å². The first-order valence-corrected chi connectivity index (χ1v) is 7.80. The van der Waals surface area contributed by atoms with Crippen LogP contribution in [0.2, 0.25) is 0 Å². The van der Waals surface area contributed by atoms with Crippen LogP contribution in [-0.2, 0) is 0 Å². The number of pyridine rings is 1. The van der Waals surface area contributed by atoms with Gasteiger partial charge in [-0.15, -0.1) is 0 Å². The van der Waals surface area contributed by atoms with Crippen molar-refractivity contribution in [2.75, 3.05) is 7.11 Å². The van der Waals surface area contributed by atoms with Crippen LogP contribution in [0.3, 0.4) is 0 Å². The maximum Gasteiger partial charge on any atom is 0.118 e. The molecule has 0 saturated heterocycles. The maximum absolute atomic E-state index is 5.21. The fourth-order valence-electron chi connectivity index (χ4n) is 2.84. The van der Waals surface area contributed by atoms with Crippen LogP contribution >= 0.6 is 0 Å². The van der Waals surface area contributed by atoms with E-state index in [4.69, 9.17) is 9.72 Å². The van der Waals surface area contributed by atoms with Crippen molar-refractivity contribution in [3.63, 3.8) is 0 Å². The summed E-state index contributed by atoms with van der Waals surface area (Å²) in [6.45, 7) is 2.00. The van der Waals surface area contributed by atoms with E-state index >= 15 is 0 Å². The van der Waals surface area contributed by atoms with Crippen molar-refractivity contribution in [2.45, 2.75) is 14.4 Å². The Morgan fingerprint density at radius 3 is 2.44 bits per heavy atom. The average molecular weight is 331 g/mol. The average Bonchev–Trinajstić information content (AvgIpc) is 3.07. The number of nitrogens with zero attached hydrogens (tertiary/aromatic N) is 3. The predicted molar refractivity (Wildman–Crippen MR) is 102 cm³/mol. The van der Waals surface area contributed by atoms with Crippen LogP contribution in [0.15, 0.2) is 67.0 Å². The van der Waals surface area contributed by atoms with Gasteiger partial charge in [0.2, 0.25) is 0 Å². The van der Waals surface area contributed by atoms with Crippen LogP contribution in [0.1, 0.15) is 13.3 Å². The smallest absolute Gasteiger partial charge is 0.118 e. The second-order valence-electron chi connectivity index (χ2n) is 5.65. The van der Waals surface area contributed by atoms with E-state index in [-0.39, 0.29) is 7.43 Å². The second kappa shape index (κ2) is 6.77. The zero-order chi connectivity index (χ0) is 16.5. The third-order valence-corrected chi connectivity index (χ3v) is 4.16. The Labute approximate surface area is 147 Å². The highest BCUT2D eigenvalue weighted by Crippen LogP contribution is 2.24. The van der Waals surface area contributed by atoms with Crippen LogP contribution in [0.25, 0.3) is 27.8 Å². The van der Waals surface area contributed by atoms with Gasteiger partial charge in [-0.25, -0.2) is 9.97 Å². The monoisotopic (exact) mass is 331 g/mol. The molecular formula is C21H21N3O. The molecule has 0 saturated carbocycles. The molecule has 0 aliphatic rings. The number of hydrogen-bond acceptors (Lipinski definition) is 3. The van der Waals surface area contributed by atoms with Gasteiger partial charge < -0.3 is 9.30 Å². The molecule has 0 aliphatic carbocycles. The van der Waals surface area contributed by atoms with Crippen molar-refractivity contribution < 1.29 is 4.74 Å². The molecule has 0 amide bonds. The minimum atomic E-state index is 0. The Hall–Kier alpha value is -3.14. The summed E-state index contributed by atoms with van der Waals surface area (Å²) in [5.41, 5.74) is 4.10. The molecule has 0 atom stereocenters. The molecule has 0 fully saturated rings. The number of fused-ring (bicyclic) bond motifs is 1. The van der Waals surface area contributed by atoms with Crippen molar-refractivity contribution in [2.24, 2.45) is 0 Å².